The van der Waals surface area contributed by atoms with Gasteiger partial charge in [0, 0.05) is 5.56 Å². The Morgan fingerprint density at radius 2 is 1.59 bits per heavy atom. The zero-order valence-corrected chi connectivity index (χ0v) is 9.09. The molecule has 2 N–H and O–H groups in total. The summed E-state index contributed by atoms with van der Waals surface area (Å²) in [5, 5.41) is 0. The summed E-state index contributed by atoms with van der Waals surface area (Å²) in [6.45, 7) is 0. The lowest BCUT2D eigenvalue weighted by Crippen LogP contribution is -2.20. The minimum absolute atomic E-state index is 0.106. The number of hydrogen-bond donors (Lipinski definition) is 1. The molecule has 0 saturated carbocycles. The Balaban J connectivity index is 2.24. The van der Waals surface area contributed by atoms with E-state index in [1.54, 1.807) is 12.1 Å². The Bertz CT molecular complexity index is 592. The summed E-state index contributed by atoms with van der Waals surface area (Å²) in [6.07, 6.45) is 0. The SMILES string of the molecule is N[C@@H]1C(=O)c2ccccc2Oc2ccccc21. The Kier molecular flexibility index (Phi) is 2.20. The van der Waals surface area contributed by atoms with E-state index in [0.717, 1.165) is 5.56 Å². The number of rotatable bonds is 0. The Labute approximate surface area is 98.8 Å². The number of benzene rings is 2. The number of carbonyl (C=O) groups excluding carboxylic acids is 1. The first-order chi connectivity index (χ1) is 8.27. The molecule has 2 aromatic rings. The normalized spacial score (nSPS) is 17.7. The number of para-hydroxylation sites is 2. The largest absolute Gasteiger partial charge is 0.456 e. The van der Waals surface area contributed by atoms with Gasteiger partial charge in [0.2, 0.25) is 0 Å². The molecule has 0 aromatic heterocycles. The van der Waals surface area contributed by atoms with E-state index in [0.29, 0.717) is 17.1 Å². The van der Waals surface area contributed by atoms with Crippen molar-refractivity contribution in [3.05, 3.63) is 59.7 Å². The van der Waals surface area contributed by atoms with Gasteiger partial charge >= 0.3 is 0 Å². The van der Waals surface area contributed by atoms with Crippen molar-refractivity contribution in [1.29, 1.82) is 0 Å². The molecular weight excluding hydrogens is 214 g/mol. The van der Waals surface area contributed by atoms with E-state index in [9.17, 15) is 4.79 Å². The number of carbonyl (C=O) groups is 1. The number of fused-ring (bicyclic) bond motifs is 2. The fourth-order valence-electron chi connectivity index (χ4n) is 2.02. The summed E-state index contributed by atoms with van der Waals surface area (Å²) in [7, 11) is 0. The molecule has 17 heavy (non-hydrogen) atoms. The molecule has 0 aliphatic carbocycles. The molecule has 0 amide bonds. The maximum atomic E-state index is 12.2. The van der Waals surface area contributed by atoms with Gasteiger partial charge in [-0.1, -0.05) is 30.3 Å². The van der Waals surface area contributed by atoms with Crippen molar-refractivity contribution >= 4 is 5.78 Å². The van der Waals surface area contributed by atoms with Gasteiger partial charge in [-0.2, -0.15) is 0 Å². The number of ketones is 1. The molecule has 3 rings (SSSR count). The Hall–Kier alpha value is -2.13. The maximum absolute atomic E-state index is 12.2. The first-order valence-corrected chi connectivity index (χ1v) is 5.43. The third kappa shape index (κ3) is 1.52. The zero-order valence-electron chi connectivity index (χ0n) is 9.09. The van der Waals surface area contributed by atoms with Gasteiger partial charge in [0.05, 0.1) is 11.6 Å². The molecule has 1 aliphatic rings. The summed E-state index contributed by atoms with van der Waals surface area (Å²) < 4.78 is 5.74. The fourth-order valence-corrected chi connectivity index (χ4v) is 2.02. The molecule has 3 heteroatoms. The van der Waals surface area contributed by atoms with Crippen LogP contribution in [0.5, 0.6) is 11.5 Å². The topological polar surface area (TPSA) is 52.3 Å². The van der Waals surface area contributed by atoms with Crippen LogP contribution in [-0.2, 0) is 0 Å². The minimum Gasteiger partial charge on any atom is -0.456 e. The van der Waals surface area contributed by atoms with Crippen LogP contribution < -0.4 is 10.5 Å². The predicted molar refractivity (Wildman–Crippen MR) is 64.2 cm³/mol. The highest BCUT2D eigenvalue weighted by molar-refractivity contribution is 6.03. The first kappa shape index (κ1) is 10.1. The Morgan fingerprint density at radius 3 is 2.41 bits per heavy atom. The quantitative estimate of drug-likeness (QED) is 0.749. The van der Waals surface area contributed by atoms with Gasteiger partial charge in [0.1, 0.15) is 11.5 Å². The second kappa shape index (κ2) is 3.71. The number of ether oxygens (including phenoxy) is 1. The van der Waals surface area contributed by atoms with E-state index in [1.807, 2.05) is 36.4 Å². The van der Waals surface area contributed by atoms with E-state index in [4.69, 9.17) is 10.5 Å². The Morgan fingerprint density at radius 1 is 0.941 bits per heavy atom. The fraction of sp³-hybridized carbons (Fsp3) is 0.0714. The third-order valence-corrected chi connectivity index (χ3v) is 2.91. The van der Waals surface area contributed by atoms with Crippen molar-refractivity contribution in [3.8, 4) is 11.5 Å². The molecule has 84 valence electrons. The van der Waals surface area contributed by atoms with Crippen LogP contribution in [0, 0.1) is 0 Å². The lowest BCUT2D eigenvalue weighted by Gasteiger charge is -2.09. The van der Waals surface area contributed by atoms with Crippen LogP contribution in [0.25, 0.3) is 0 Å². The van der Waals surface area contributed by atoms with Crippen molar-refractivity contribution in [2.75, 3.05) is 0 Å². The molecule has 0 unspecified atom stereocenters. The second-order valence-corrected chi connectivity index (χ2v) is 3.98. The summed E-state index contributed by atoms with van der Waals surface area (Å²) in [5.74, 6) is 1.11. The van der Waals surface area contributed by atoms with Gasteiger partial charge in [0.25, 0.3) is 0 Å². The van der Waals surface area contributed by atoms with Crippen LogP contribution >= 0.6 is 0 Å². The van der Waals surface area contributed by atoms with Crippen molar-refractivity contribution in [1.82, 2.24) is 0 Å². The van der Waals surface area contributed by atoms with Crippen LogP contribution in [0.3, 0.4) is 0 Å². The third-order valence-electron chi connectivity index (χ3n) is 2.91. The highest BCUT2D eigenvalue weighted by atomic mass is 16.5. The standard InChI is InChI=1S/C14H11NO2/c15-13-9-5-1-3-7-11(9)17-12-8-4-2-6-10(12)14(13)16/h1-8,13H,15H2/t13-/m0/s1. The molecule has 0 bridgehead atoms. The average Bonchev–Trinajstić information content (AvgIpc) is 2.48. The van der Waals surface area contributed by atoms with Gasteiger partial charge in [-0.05, 0) is 18.2 Å². The van der Waals surface area contributed by atoms with Crippen LogP contribution in [0.1, 0.15) is 22.0 Å². The van der Waals surface area contributed by atoms with Gasteiger partial charge < -0.3 is 10.5 Å². The van der Waals surface area contributed by atoms with E-state index >= 15 is 0 Å². The molecule has 0 saturated heterocycles. The molecule has 1 aliphatic heterocycles. The predicted octanol–water partition coefficient (Wildman–Crippen LogP) is 2.68. The smallest absolute Gasteiger partial charge is 0.187 e. The molecule has 0 radical (unpaired) electrons. The summed E-state index contributed by atoms with van der Waals surface area (Å²) in [5.41, 5.74) is 7.24. The lowest BCUT2D eigenvalue weighted by molar-refractivity contribution is 0.0962. The molecule has 1 heterocycles. The monoisotopic (exact) mass is 225 g/mol. The van der Waals surface area contributed by atoms with E-state index in [2.05, 4.69) is 0 Å². The second-order valence-electron chi connectivity index (χ2n) is 3.98. The van der Waals surface area contributed by atoms with Gasteiger partial charge in [-0.15, -0.1) is 0 Å². The summed E-state index contributed by atoms with van der Waals surface area (Å²) in [4.78, 5) is 12.2. The molecule has 2 aromatic carbocycles. The van der Waals surface area contributed by atoms with Crippen LogP contribution in [0.15, 0.2) is 48.5 Å². The number of nitrogens with two attached hydrogens (primary N) is 1. The zero-order chi connectivity index (χ0) is 11.8. The highest BCUT2D eigenvalue weighted by Gasteiger charge is 2.27. The van der Waals surface area contributed by atoms with Crippen molar-refractivity contribution in [3.63, 3.8) is 0 Å². The van der Waals surface area contributed by atoms with E-state index in [1.165, 1.54) is 0 Å². The van der Waals surface area contributed by atoms with Crippen molar-refractivity contribution < 1.29 is 9.53 Å². The lowest BCUT2D eigenvalue weighted by atomic mass is 9.98. The highest BCUT2D eigenvalue weighted by Crippen LogP contribution is 2.36. The number of Topliss-reactive ketones (excluding diaryl/α,β-unsaturated/α-hetero) is 1. The summed E-state index contributed by atoms with van der Waals surface area (Å²) in [6, 6.07) is 13.9. The molecule has 0 spiro atoms. The van der Waals surface area contributed by atoms with Gasteiger partial charge in [-0.3, -0.25) is 4.79 Å². The molecule has 0 fully saturated rings. The van der Waals surface area contributed by atoms with E-state index < -0.39 is 6.04 Å². The summed E-state index contributed by atoms with van der Waals surface area (Å²) >= 11 is 0. The van der Waals surface area contributed by atoms with Gasteiger partial charge in [-0.25, -0.2) is 0 Å². The van der Waals surface area contributed by atoms with Crippen LogP contribution in [-0.4, -0.2) is 5.78 Å². The van der Waals surface area contributed by atoms with E-state index in [-0.39, 0.29) is 5.78 Å². The molecule has 1 atom stereocenters. The first-order valence-electron chi connectivity index (χ1n) is 5.43. The molecular formula is C14H11NO2. The maximum Gasteiger partial charge on any atom is 0.187 e. The van der Waals surface area contributed by atoms with Crippen LogP contribution in [0.4, 0.5) is 0 Å². The minimum atomic E-state index is -0.658. The molecule has 3 nitrogen and oxygen atoms in total. The van der Waals surface area contributed by atoms with Crippen LogP contribution in [0.2, 0.25) is 0 Å². The van der Waals surface area contributed by atoms with Gasteiger partial charge in [0.15, 0.2) is 5.78 Å². The van der Waals surface area contributed by atoms with Crippen molar-refractivity contribution in [2.45, 2.75) is 6.04 Å². The number of hydrogen-bond acceptors (Lipinski definition) is 3. The van der Waals surface area contributed by atoms with Crippen molar-refractivity contribution in [2.24, 2.45) is 5.73 Å². The average molecular weight is 225 g/mol.